The van der Waals surface area contributed by atoms with Gasteiger partial charge in [0.15, 0.2) is 5.78 Å². The molecule has 0 spiro atoms. The number of thioether (sulfide) groups is 1. The van der Waals surface area contributed by atoms with Gasteiger partial charge in [-0.25, -0.2) is 0 Å². The van der Waals surface area contributed by atoms with Gasteiger partial charge >= 0.3 is 5.97 Å². The lowest BCUT2D eigenvalue weighted by Gasteiger charge is -2.12. The zero-order valence-corrected chi connectivity index (χ0v) is 12.9. The van der Waals surface area contributed by atoms with E-state index in [1.54, 1.807) is 55.6 Å². The zero-order chi connectivity index (χ0) is 15.9. The van der Waals surface area contributed by atoms with Crippen molar-refractivity contribution in [3.63, 3.8) is 0 Å². The molecule has 4 nitrogen and oxygen atoms in total. The van der Waals surface area contributed by atoms with E-state index in [1.807, 2.05) is 6.07 Å². The second kappa shape index (κ2) is 7.66. The Kier molecular flexibility index (Phi) is 5.61. The van der Waals surface area contributed by atoms with Crippen molar-refractivity contribution in [2.75, 3.05) is 7.11 Å². The number of benzene rings is 2. The second-order valence-corrected chi connectivity index (χ2v) is 5.89. The molecule has 0 bridgehead atoms. The molecule has 114 valence electrons. The summed E-state index contributed by atoms with van der Waals surface area (Å²) in [6, 6.07) is 15.8. The lowest BCUT2D eigenvalue weighted by molar-refractivity contribution is -0.136. The van der Waals surface area contributed by atoms with Crippen molar-refractivity contribution in [3.8, 4) is 5.75 Å². The van der Waals surface area contributed by atoms with Crippen LogP contribution in [0.25, 0.3) is 0 Å². The van der Waals surface area contributed by atoms with Crippen molar-refractivity contribution in [2.24, 2.45) is 0 Å². The van der Waals surface area contributed by atoms with E-state index in [2.05, 4.69) is 0 Å². The number of carbonyl (C=O) groups excluding carboxylic acids is 1. The van der Waals surface area contributed by atoms with Crippen LogP contribution in [-0.2, 0) is 4.79 Å². The van der Waals surface area contributed by atoms with E-state index >= 15 is 0 Å². The summed E-state index contributed by atoms with van der Waals surface area (Å²) in [6.07, 6.45) is -0.0456. The van der Waals surface area contributed by atoms with Gasteiger partial charge in [-0.3, -0.25) is 9.59 Å². The highest BCUT2D eigenvalue weighted by Crippen LogP contribution is 2.28. The molecule has 2 aromatic carbocycles. The number of carbonyl (C=O) groups is 2. The van der Waals surface area contributed by atoms with Gasteiger partial charge in [0.25, 0.3) is 0 Å². The summed E-state index contributed by atoms with van der Waals surface area (Å²) < 4.78 is 5.06. The molecule has 0 amide bonds. The van der Waals surface area contributed by atoms with Crippen LogP contribution in [0.3, 0.4) is 0 Å². The van der Waals surface area contributed by atoms with Crippen LogP contribution in [0.4, 0.5) is 0 Å². The number of ketones is 1. The minimum Gasteiger partial charge on any atom is -0.497 e. The van der Waals surface area contributed by atoms with Gasteiger partial charge in [0, 0.05) is 16.9 Å². The molecule has 0 saturated carbocycles. The molecule has 0 heterocycles. The van der Waals surface area contributed by atoms with Gasteiger partial charge in [0.05, 0.1) is 7.11 Å². The van der Waals surface area contributed by atoms with Crippen molar-refractivity contribution in [2.45, 2.75) is 16.6 Å². The van der Waals surface area contributed by atoms with Crippen LogP contribution in [0.2, 0.25) is 0 Å². The lowest BCUT2D eigenvalue weighted by atomic mass is 10.1. The first-order valence-corrected chi connectivity index (χ1v) is 7.60. The molecule has 1 unspecified atom stereocenters. The van der Waals surface area contributed by atoms with Gasteiger partial charge in [0.1, 0.15) is 11.0 Å². The van der Waals surface area contributed by atoms with Gasteiger partial charge in [-0.05, 0) is 24.3 Å². The van der Waals surface area contributed by atoms with E-state index in [0.29, 0.717) is 11.3 Å². The number of aliphatic carboxylic acids is 1. The Labute approximate surface area is 133 Å². The molecule has 0 aliphatic rings. The Bertz CT molecular complexity index is 637. The van der Waals surface area contributed by atoms with Crippen LogP contribution in [0, 0.1) is 0 Å². The molecule has 1 atom stereocenters. The Hall–Kier alpha value is -2.27. The van der Waals surface area contributed by atoms with Crippen molar-refractivity contribution < 1.29 is 19.4 Å². The lowest BCUT2D eigenvalue weighted by Crippen LogP contribution is -2.20. The molecule has 0 fully saturated rings. The Balaban J connectivity index is 2.06. The number of hydrogen-bond donors (Lipinski definition) is 1. The monoisotopic (exact) mass is 316 g/mol. The smallest absolute Gasteiger partial charge is 0.317 e. The van der Waals surface area contributed by atoms with Crippen LogP contribution in [0.1, 0.15) is 16.8 Å². The van der Waals surface area contributed by atoms with Crippen molar-refractivity contribution in [1.82, 2.24) is 0 Å². The summed E-state index contributed by atoms with van der Waals surface area (Å²) in [5.41, 5.74) is 0.532. The van der Waals surface area contributed by atoms with Gasteiger partial charge in [-0.15, -0.1) is 11.8 Å². The minimum absolute atomic E-state index is 0.0456. The van der Waals surface area contributed by atoms with Gasteiger partial charge in [-0.1, -0.05) is 30.3 Å². The number of rotatable bonds is 7. The van der Waals surface area contributed by atoms with E-state index in [1.165, 1.54) is 0 Å². The summed E-state index contributed by atoms with van der Waals surface area (Å²) in [5.74, 6) is -0.462. The molecule has 0 saturated heterocycles. The number of carboxylic acids is 1. The highest BCUT2D eigenvalue weighted by molar-refractivity contribution is 8.00. The standard InChI is InChI=1S/C17H16O4S/c1-21-13-7-9-14(10-8-13)22-16(17(19)20)11-15(18)12-5-3-2-4-6-12/h2-10,16H,11H2,1H3,(H,19,20). The highest BCUT2D eigenvalue weighted by Gasteiger charge is 2.23. The molecule has 0 aliphatic carbocycles. The van der Waals surface area contributed by atoms with Crippen LogP contribution >= 0.6 is 11.8 Å². The van der Waals surface area contributed by atoms with Crippen molar-refractivity contribution >= 4 is 23.5 Å². The third-order valence-corrected chi connectivity index (χ3v) is 4.28. The van der Waals surface area contributed by atoms with E-state index in [0.717, 1.165) is 16.7 Å². The average molecular weight is 316 g/mol. The zero-order valence-electron chi connectivity index (χ0n) is 12.1. The van der Waals surface area contributed by atoms with E-state index in [9.17, 15) is 14.7 Å². The fraction of sp³-hybridized carbons (Fsp3) is 0.176. The summed E-state index contributed by atoms with van der Waals surface area (Å²) >= 11 is 1.16. The SMILES string of the molecule is COc1ccc(SC(CC(=O)c2ccccc2)C(=O)O)cc1. The summed E-state index contributed by atoms with van der Waals surface area (Å²) in [7, 11) is 1.57. The van der Waals surface area contributed by atoms with Crippen LogP contribution < -0.4 is 4.74 Å². The average Bonchev–Trinajstić information content (AvgIpc) is 2.55. The third-order valence-electron chi connectivity index (χ3n) is 3.08. The van der Waals surface area contributed by atoms with Gasteiger partial charge in [0.2, 0.25) is 0 Å². The van der Waals surface area contributed by atoms with Gasteiger partial charge in [-0.2, -0.15) is 0 Å². The topological polar surface area (TPSA) is 63.6 Å². The fourth-order valence-electron chi connectivity index (χ4n) is 1.91. The maximum absolute atomic E-state index is 12.2. The van der Waals surface area contributed by atoms with Gasteiger partial charge < -0.3 is 9.84 Å². The molecule has 2 aromatic rings. The van der Waals surface area contributed by atoms with E-state index < -0.39 is 11.2 Å². The molecule has 22 heavy (non-hydrogen) atoms. The van der Waals surface area contributed by atoms with Crippen LogP contribution in [0.5, 0.6) is 5.75 Å². The molecule has 0 radical (unpaired) electrons. The number of ether oxygens (including phenoxy) is 1. The second-order valence-electron chi connectivity index (χ2n) is 4.61. The number of methoxy groups -OCH3 is 1. The molecule has 5 heteroatoms. The first-order valence-electron chi connectivity index (χ1n) is 6.72. The molecular formula is C17H16O4S. The number of hydrogen-bond acceptors (Lipinski definition) is 4. The normalized spacial score (nSPS) is 11.7. The van der Waals surface area contributed by atoms with Crippen molar-refractivity contribution in [1.29, 1.82) is 0 Å². The molecular weight excluding hydrogens is 300 g/mol. The predicted molar refractivity (Wildman–Crippen MR) is 85.7 cm³/mol. The summed E-state index contributed by atoms with van der Waals surface area (Å²) in [6.45, 7) is 0. The minimum atomic E-state index is -0.995. The fourth-order valence-corrected chi connectivity index (χ4v) is 2.87. The Morgan fingerprint density at radius 1 is 1.09 bits per heavy atom. The quantitative estimate of drug-likeness (QED) is 0.625. The summed E-state index contributed by atoms with van der Waals surface area (Å²) in [4.78, 5) is 24.3. The Morgan fingerprint density at radius 2 is 1.73 bits per heavy atom. The van der Waals surface area contributed by atoms with E-state index in [-0.39, 0.29) is 12.2 Å². The molecule has 2 rings (SSSR count). The highest BCUT2D eigenvalue weighted by atomic mass is 32.2. The van der Waals surface area contributed by atoms with Crippen LogP contribution in [-0.4, -0.2) is 29.2 Å². The molecule has 1 N–H and O–H groups in total. The van der Waals surface area contributed by atoms with Crippen LogP contribution in [0.15, 0.2) is 59.5 Å². The molecule has 0 aliphatic heterocycles. The predicted octanol–water partition coefficient (Wildman–Crippen LogP) is 3.51. The number of Topliss-reactive ketones (excluding diaryl/α,β-unsaturated/α-hetero) is 1. The third kappa shape index (κ3) is 4.36. The maximum atomic E-state index is 12.2. The largest absolute Gasteiger partial charge is 0.497 e. The first-order chi connectivity index (χ1) is 10.6. The maximum Gasteiger partial charge on any atom is 0.317 e. The van der Waals surface area contributed by atoms with E-state index in [4.69, 9.17) is 4.74 Å². The molecule has 0 aromatic heterocycles. The summed E-state index contributed by atoms with van der Waals surface area (Å²) in [5, 5.41) is 8.51. The first kappa shape index (κ1) is 16.1. The van der Waals surface area contributed by atoms with Crippen molar-refractivity contribution in [3.05, 3.63) is 60.2 Å². The number of carboxylic acid groups (broad SMARTS) is 1. The Morgan fingerprint density at radius 3 is 2.27 bits per heavy atom.